The van der Waals surface area contributed by atoms with E-state index in [1.807, 2.05) is 6.07 Å². The molecule has 2 rings (SSSR count). The van der Waals surface area contributed by atoms with Crippen LogP contribution in [-0.4, -0.2) is 23.1 Å². The molecule has 2 aromatic rings. The lowest BCUT2D eigenvalue weighted by Gasteiger charge is -2.16. The molecule has 23 heavy (non-hydrogen) atoms. The third-order valence-corrected chi connectivity index (χ3v) is 3.63. The van der Waals surface area contributed by atoms with Crippen LogP contribution in [0.25, 0.3) is 0 Å². The number of carbonyl (C=O) groups excluding carboxylic acids is 1. The van der Waals surface area contributed by atoms with E-state index in [2.05, 4.69) is 10.6 Å². The van der Waals surface area contributed by atoms with Crippen LogP contribution < -0.4 is 10.6 Å². The van der Waals surface area contributed by atoms with Crippen molar-refractivity contribution in [1.29, 1.82) is 0 Å². The highest BCUT2D eigenvalue weighted by Gasteiger charge is 2.20. The number of urea groups is 1. The number of carboxylic acid groups (broad SMARTS) is 1. The molecular weight excluding hydrogens is 339 g/mol. The van der Waals surface area contributed by atoms with Crippen molar-refractivity contribution in [2.75, 3.05) is 5.32 Å². The Balaban J connectivity index is 2.03. The molecule has 0 saturated heterocycles. The highest BCUT2D eigenvalue weighted by Crippen LogP contribution is 2.25. The van der Waals surface area contributed by atoms with Crippen LogP contribution in [0.5, 0.6) is 0 Å². The summed E-state index contributed by atoms with van der Waals surface area (Å²) in [5.74, 6) is -1.12. The molecule has 5 nitrogen and oxygen atoms in total. The summed E-state index contributed by atoms with van der Waals surface area (Å²) in [7, 11) is 0. The molecule has 0 aliphatic heterocycles. The molecule has 2 aromatic carbocycles. The summed E-state index contributed by atoms with van der Waals surface area (Å²) in [5.41, 5.74) is 1.11. The number of hydrogen-bond acceptors (Lipinski definition) is 2. The Morgan fingerprint density at radius 2 is 1.78 bits per heavy atom. The van der Waals surface area contributed by atoms with Crippen molar-refractivity contribution in [3.63, 3.8) is 0 Å². The third-order valence-electron chi connectivity index (χ3n) is 3.06. The van der Waals surface area contributed by atoms with Gasteiger partial charge in [-0.15, -0.1) is 0 Å². The fraction of sp³-hybridized carbons (Fsp3) is 0.125. The molecule has 120 valence electrons. The summed E-state index contributed by atoms with van der Waals surface area (Å²) in [5, 5.41) is 14.9. The van der Waals surface area contributed by atoms with E-state index in [9.17, 15) is 14.7 Å². The average molecular weight is 353 g/mol. The maximum absolute atomic E-state index is 12.0. The van der Waals surface area contributed by atoms with Crippen LogP contribution in [0.2, 0.25) is 10.0 Å². The van der Waals surface area contributed by atoms with Crippen LogP contribution in [0.3, 0.4) is 0 Å². The highest BCUT2D eigenvalue weighted by molar-refractivity contribution is 6.35. The third kappa shape index (κ3) is 5.16. The first-order valence-electron chi connectivity index (χ1n) is 6.75. The zero-order valence-electron chi connectivity index (χ0n) is 11.9. The quantitative estimate of drug-likeness (QED) is 0.765. The van der Waals surface area contributed by atoms with Crippen LogP contribution >= 0.6 is 23.2 Å². The Labute approximate surface area is 143 Å². The highest BCUT2D eigenvalue weighted by atomic mass is 35.5. The van der Waals surface area contributed by atoms with E-state index in [-0.39, 0.29) is 6.42 Å². The predicted octanol–water partition coefficient (Wildman–Crippen LogP) is 3.81. The molecule has 1 atom stereocenters. The van der Waals surface area contributed by atoms with Crippen molar-refractivity contribution in [2.24, 2.45) is 0 Å². The normalized spacial score (nSPS) is 11.6. The maximum atomic E-state index is 12.0. The van der Waals surface area contributed by atoms with Crippen molar-refractivity contribution >= 4 is 40.9 Å². The molecule has 0 heterocycles. The van der Waals surface area contributed by atoms with Gasteiger partial charge >= 0.3 is 12.0 Å². The summed E-state index contributed by atoms with van der Waals surface area (Å²) < 4.78 is 0. The van der Waals surface area contributed by atoms with Crippen molar-refractivity contribution in [2.45, 2.75) is 12.5 Å². The number of aliphatic carboxylic acids is 1. The summed E-state index contributed by atoms with van der Waals surface area (Å²) >= 11 is 11.8. The van der Waals surface area contributed by atoms with E-state index in [1.165, 1.54) is 12.1 Å². The second-order valence-corrected chi connectivity index (χ2v) is 5.65. The Hall–Kier alpha value is -2.24. The first kappa shape index (κ1) is 17.1. The largest absolute Gasteiger partial charge is 0.480 e. The number of anilines is 1. The molecule has 0 aliphatic rings. The Bertz CT molecular complexity index is 708. The van der Waals surface area contributed by atoms with Crippen LogP contribution in [0, 0.1) is 0 Å². The lowest BCUT2D eigenvalue weighted by molar-refractivity contribution is -0.139. The lowest BCUT2D eigenvalue weighted by Crippen LogP contribution is -2.44. The molecule has 0 aromatic heterocycles. The first-order valence-corrected chi connectivity index (χ1v) is 7.50. The first-order chi connectivity index (χ1) is 11.0. The fourth-order valence-corrected chi connectivity index (χ4v) is 2.30. The van der Waals surface area contributed by atoms with Crippen LogP contribution in [0.15, 0.2) is 48.5 Å². The van der Waals surface area contributed by atoms with Gasteiger partial charge in [-0.1, -0.05) is 53.5 Å². The van der Waals surface area contributed by atoms with Gasteiger partial charge in [0.05, 0.1) is 10.7 Å². The van der Waals surface area contributed by atoms with Gasteiger partial charge in [-0.25, -0.2) is 9.59 Å². The zero-order valence-corrected chi connectivity index (χ0v) is 13.4. The van der Waals surface area contributed by atoms with Crippen LogP contribution in [-0.2, 0) is 11.2 Å². The number of halogens is 2. The second kappa shape index (κ2) is 7.85. The smallest absolute Gasteiger partial charge is 0.326 e. The van der Waals surface area contributed by atoms with Crippen molar-refractivity contribution in [3.05, 3.63) is 64.1 Å². The average Bonchev–Trinajstić information content (AvgIpc) is 2.51. The van der Waals surface area contributed by atoms with E-state index in [0.717, 1.165) is 5.56 Å². The lowest BCUT2D eigenvalue weighted by atomic mass is 10.1. The molecule has 0 aliphatic carbocycles. The summed E-state index contributed by atoms with van der Waals surface area (Å²) in [6.07, 6.45) is 0.173. The number of amides is 2. The van der Waals surface area contributed by atoms with Crippen molar-refractivity contribution < 1.29 is 14.7 Å². The van der Waals surface area contributed by atoms with Crippen LogP contribution in [0.4, 0.5) is 10.5 Å². The van der Waals surface area contributed by atoms with Gasteiger partial charge < -0.3 is 15.7 Å². The molecule has 0 spiro atoms. The van der Waals surface area contributed by atoms with Gasteiger partial charge in [-0.2, -0.15) is 0 Å². The second-order valence-electron chi connectivity index (χ2n) is 4.80. The SMILES string of the molecule is O=C(Nc1cc(Cl)ccc1Cl)NC(Cc1ccccc1)C(=O)O. The zero-order chi connectivity index (χ0) is 16.8. The fourth-order valence-electron chi connectivity index (χ4n) is 1.96. The molecule has 0 fully saturated rings. The predicted molar refractivity (Wildman–Crippen MR) is 90.2 cm³/mol. The summed E-state index contributed by atoms with van der Waals surface area (Å²) in [6, 6.07) is 11.9. The minimum Gasteiger partial charge on any atom is -0.480 e. The monoisotopic (exact) mass is 352 g/mol. The van der Waals surface area contributed by atoms with Gasteiger partial charge in [0.15, 0.2) is 0 Å². The van der Waals surface area contributed by atoms with E-state index in [4.69, 9.17) is 23.2 Å². The standard InChI is InChI=1S/C16H14Cl2N2O3/c17-11-6-7-12(18)13(9-11)19-16(23)20-14(15(21)22)8-10-4-2-1-3-5-10/h1-7,9,14H,8H2,(H,21,22)(H2,19,20,23). The van der Waals surface area contributed by atoms with Gasteiger partial charge in [0.1, 0.15) is 6.04 Å². The van der Waals surface area contributed by atoms with Gasteiger partial charge in [0.25, 0.3) is 0 Å². The number of nitrogens with one attached hydrogen (secondary N) is 2. The van der Waals surface area contributed by atoms with Crippen LogP contribution in [0.1, 0.15) is 5.56 Å². The molecule has 0 radical (unpaired) electrons. The number of rotatable bonds is 5. The molecular formula is C16H14Cl2N2O3. The Morgan fingerprint density at radius 1 is 1.09 bits per heavy atom. The van der Waals surface area contributed by atoms with E-state index in [1.54, 1.807) is 30.3 Å². The van der Waals surface area contributed by atoms with Crippen molar-refractivity contribution in [3.8, 4) is 0 Å². The molecule has 2 amide bonds. The van der Waals surface area contributed by atoms with Gasteiger partial charge in [-0.05, 0) is 23.8 Å². The van der Waals surface area contributed by atoms with Gasteiger partial charge in [0, 0.05) is 11.4 Å². The minimum atomic E-state index is -1.12. The molecule has 1 unspecified atom stereocenters. The molecule has 0 saturated carbocycles. The molecule has 0 bridgehead atoms. The van der Waals surface area contributed by atoms with E-state index < -0.39 is 18.0 Å². The Kier molecular flexibility index (Phi) is 5.84. The maximum Gasteiger partial charge on any atom is 0.326 e. The van der Waals surface area contributed by atoms with E-state index >= 15 is 0 Å². The van der Waals surface area contributed by atoms with Gasteiger partial charge in [0.2, 0.25) is 0 Å². The molecule has 7 heteroatoms. The number of hydrogen-bond donors (Lipinski definition) is 3. The van der Waals surface area contributed by atoms with Crippen molar-refractivity contribution in [1.82, 2.24) is 5.32 Å². The minimum absolute atomic E-state index is 0.173. The van der Waals surface area contributed by atoms with Gasteiger partial charge in [-0.3, -0.25) is 0 Å². The Morgan fingerprint density at radius 3 is 2.43 bits per heavy atom. The number of carboxylic acids is 1. The topological polar surface area (TPSA) is 78.4 Å². The number of carbonyl (C=O) groups is 2. The summed E-state index contributed by atoms with van der Waals surface area (Å²) in [4.78, 5) is 23.3. The number of benzene rings is 2. The van der Waals surface area contributed by atoms with E-state index in [0.29, 0.717) is 15.7 Å². The summed E-state index contributed by atoms with van der Waals surface area (Å²) in [6.45, 7) is 0. The molecule has 3 N–H and O–H groups in total.